The Morgan fingerprint density at radius 2 is 1.76 bits per heavy atom. The van der Waals surface area contributed by atoms with Crippen LogP contribution in [0.25, 0.3) is 11.3 Å². The third kappa shape index (κ3) is 2.15. The third-order valence-electron chi connectivity index (χ3n) is 2.17. The first-order valence-corrected chi connectivity index (χ1v) is 4.64. The van der Waals surface area contributed by atoms with Crippen molar-refractivity contribution in [3.8, 4) is 11.3 Å². The smallest absolute Gasteiger partial charge is 0.269 e. The maximum Gasteiger partial charge on any atom is 0.269 e. The van der Waals surface area contributed by atoms with Gasteiger partial charge in [0.15, 0.2) is 0 Å². The Morgan fingerprint density at radius 3 is 2.24 bits per heavy atom. The number of hydrogen-bond acceptors (Lipinski definition) is 5. The van der Waals surface area contributed by atoms with Gasteiger partial charge in [-0.1, -0.05) is 0 Å². The number of carbonyl (C=O) groups excluding carboxylic acids is 1. The highest BCUT2D eigenvalue weighted by molar-refractivity contribution is 5.83. The number of carboxylic acids is 1. The van der Waals surface area contributed by atoms with Gasteiger partial charge in [0.05, 0.1) is 4.92 Å². The Bertz CT molecular complexity index is 570. The quantitative estimate of drug-likeness (QED) is 0.585. The van der Waals surface area contributed by atoms with Gasteiger partial charge in [0.25, 0.3) is 5.69 Å². The molecule has 0 amide bonds. The fourth-order valence-electron chi connectivity index (χ4n) is 1.35. The lowest BCUT2D eigenvalue weighted by atomic mass is 10.1. The van der Waals surface area contributed by atoms with Crippen LogP contribution in [0.5, 0.6) is 0 Å². The number of nitrogens with zero attached hydrogens (tertiary/aromatic N) is 1. The van der Waals surface area contributed by atoms with Gasteiger partial charge in [-0.3, -0.25) is 10.1 Å². The van der Waals surface area contributed by atoms with Crippen molar-refractivity contribution in [1.29, 1.82) is 0 Å². The van der Waals surface area contributed by atoms with Crippen LogP contribution in [0.15, 0.2) is 40.8 Å². The molecule has 0 atom stereocenters. The van der Waals surface area contributed by atoms with Crippen molar-refractivity contribution in [2.75, 3.05) is 0 Å². The molecule has 17 heavy (non-hydrogen) atoms. The highest BCUT2D eigenvalue weighted by atomic mass is 16.6. The highest BCUT2D eigenvalue weighted by Gasteiger charge is 2.08. The molecule has 6 heteroatoms. The second-order valence-electron chi connectivity index (χ2n) is 3.26. The average Bonchev–Trinajstić information content (AvgIpc) is 2.78. The summed E-state index contributed by atoms with van der Waals surface area (Å²) in [5, 5.41) is 20.9. The summed E-state index contributed by atoms with van der Waals surface area (Å²) in [6, 6.07) is 8.33. The molecular weight excluding hydrogens is 226 g/mol. The lowest BCUT2D eigenvalue weighted by Crippen LogP contribution is -2.21. The van der Waals surface area contributed by atoms with E-state index in [0.717, 1.165) is 0 Å². The molecule has 0 saturated heterocycles. The molecule has 1 aromatic carbocycles. The number of carboxylic acid groups (broad SMARTS) is 1. The van der Waals surface area contributed by atoms with Crippen LogP contribution in [0.3, 0.4) is 0 Å². The molecule has 0 saturated carbocycles. The van der Waals surface area contributed by atoms with Crippen molar-refractivity contribution in [3.63, 3.8) is 0 Å². The number of nitro groups is 1. The van der Waals surface area contributed by atoms with Crippen LogP contribution < -0.4 is 5.11 Å². The zero-order valence-electron chi connectivity index (χ0n) is 8.45. The van der Waals surface area contributed by atoms with Gasteiger partial charge in [-0.2, -0.15) is 0 Å². The zero-order chi connectivity index (χ0) is 12.4. The summed E-state index contributed by atoms with van der Waals surface area (Å²) in [5.74, 6) is -1.37. The van der Waals surface area contributed by atoms with Crippen LogP contribution in [-0.4, -0.2) is 10.9 Å². The number of non-ortho nitro benzene ring substituents is 1. The summed E-state index contributed by atoms with van der Waals surface area (Å²) in [6.45, 7) is 0. The Labute approximate surface area is 95.3 Å². The van der Waals surface area contributed by atoms with Crippen molar-refractivity contribution in [3.05, 3.63) is 52.3 Å². The Hall–Kier alpha value is -2.63. The molecule has 0 unspecified atom stereocenters. The summed E-state index contributed by atoms with van der Waals surface area (Å²) in [4.78, 5) is 20.4. The van der Waals surface area contributed by atoms with Crippen molar-refractivity contribution in [2.45, 2.75) is 0 Å². The second-order valence-corrected chi connectivity index (χ2v) is 3.26. The number of nitro benzene ring substituents is 1. The van der Waals surface area contributed by atoms with Gasteiger partial charge in [0, 0.05) is 17.7 Å². The first-order valence-electron chi connectivity index (χ1n) is 4.64. The molecule has 0 aliphatic carbocycles. The van der Waals surface area contributed by atoms with Gasteiger partial charge in [-0.05, 0) is 24.3 Å². The van der Waals surface area contributed by atoms with E-state index in [4.69, 9.17) is 4.42 Å². The molecule has 0 spiro atoms. The normalized spacial score (nSPS) is 10.1. The van der Waals surface area contributed by atoms with E-state index in [9.17, 15) is 20.0 Å². The molecule has 86 valence electrons. The monoisotopic (exact) mass is 232 g/mol. The number of aromatic carboxylic acids is 1. The number of rotatable bonds is 3. The molecule has 0 fully saturated rings. The number of furan rings is 1. The topological polar surface area (TPSA) is 96.4 Å². The van der Waals surface area contributed by atoms with Crippen LogP contribution in [0.1, 0.15) is 10.6 Å². The van der Waals surface area contributed by atoms with E-state index in [2.05, 4.69) is 0 Å². The highest BCUT2D eigenvalue weighted by Crippen LogP contribution is 2.24. The summed E-state index contributed by atoms with van der Waals surface area (Å²) < 4.78 is 5.00. The molecule has 0 aliphatic heterocycles. The molecule has 0 aliphatic rings. The van der Waals surface area contributed by atoms with Crippen molar-refractivity contribution in [2.24, 2.45) is 0 Å². The minimum atomic E-state index is -1.40. The Kier molecular flexibility index (Phi) is 2.61. The van der Waals surface area contributed by atoms with Gasteiger partial charge < -0.3 is 14.3 Å². The van der Waals surface area contributed by atoms with E-state index in [1.165, 1.54) is 36.4 Å². The third-order valence-corrected chi connectivity index (χ3v) is 2.17. The van der Waals surface area contributed by atoms with Crippen molar-refractivity contribution < 1.29 is 19.2 Å². The summed E-state index contributed by atoms with van der Waals surface area (Å²) in [6.07, 6.45) is 0. The molecule has 1 heterocycles. The molecule has 0 bridgehead atoms. The van der Waals surface area contributed by atoms with Crippen LogP contribution in [-0.2, 0) is 0 Å². The Balaban J connectivity index is 2.33. The van der Waals surface area contributed by atoms with Gasteiger partial charge in [0.1, 0.15) is 17.5 Å². The SMILES string of the molecule is O=C([O-])c1ccc(-c2ccc([N+](=O)[O-])cc2)o1. The first kappa shape index (κ1) is 10.9. The van der Waals surface area contributed by atoms with E-state index in [1.54, 1.807) is 0 Å². The molecule has 2 aromatic rings. The fraction of sp³-hybridized carbons (Fsp3) is 0. The predicted octanol–water partition coefficient (Wildman–Crippen LogP) is 1.22. The molecule has 0 N–H and O–H groups in total. The molecule has 6 nitrogen and oxygen atoms in total. The standard InChI is InChI=1S/C11H7NO5/c13-11(14)10-6-5-9(17-10)7-1-3-8(4-2-7)12(15)16/h1-6H,(H,13,14)/p-1. The average molecular weight is 232 g/mol. The molecule has 1 aromatic heterocycles. The van der Waals surface area contributed by atoms with Crippen molar-refractivity contribution in [1.82, 2.24) is 0 Å². The number of benzene rings is 1. The van der Waals surface area contributed by atoms with E-state index in [-0.39, 0.29) is 11.4 Å². The lowest BCUT2D eigenvalue weighted by molar-refractivity contribution is -0.384. The largest absolute Gasteiger partial charge is 0.542 e. The van der Waals surface area contributed by atoms with Crippen LogP contribution >= 0.6 is 0 Å². The molecule has 2 rings (SSSR count). The Morgan fingerprint density at radius 1 is 1.12 bits per heavy atom. The van der Waals surface area contributed by atoms with Gasteiger partial charge in [0.2, 0.25) is 0 Å². The van der Waals surface area contributed by atoms with Gasteiger partial charge in [-0.15, -0.1) is 0 Å². The van der Waals surface area contributed by atoms with E-state index in [1.807, 2.05) is 0 Å². The molecular formula is C11H6NO5-. The summed E-state index contributed by atoms with van der Waals surface area (Å²) in [5.41, 5.74) is 0.517. The van der Waals surface area contributed by atoms with Crippen LogP contribution in [0.2, 0.25) is 0 Å². The maximum absolute atomic E-state index is 10.5. The van der Waals surface area contributed by atoms with Crippen LogP contribution in [0.4, 0.5) is 5.69 Å². The fourth-order valence-corrected chi connectivity index (χ4v) is 1.35. The van der Waals surface area contributed by atoms with E-state index < -0.39 is 10.9 Å². The second kappa shape index (κ2) is 4.09. The minimum absolute atomic E-state index is 0.0413. The lowest BCUT2D eigenvalue weighted by Gasteiger charge is -1.98. The van der Waals surface area contributed by atoms with Crippen LogP contribution in [0, 0.1) is 10.1 Å². The number of hydrogen-bond donors (Lipinski definition) is 0. The maximum atomic E-state index is 10.5. The number of carbonyl (C=O) groups is 1. The zero-order valence-corrected chi connectivity index (χ0v) is 8.45. The predicted molar refractivity (Wildman–Crippen MR) is 55.1 cm³/mol. The summed E-state index contributed by atoms with van der Waals surface area (Å²) in [7, 11) is 0. The van der Waals surface area contributed by atoms with Gasteiger partial charge in [-0.25, -0.2) is 0 Å². The first-order chi connectivity index (χ1) is 8.08. The molecule has 0 radical (unpaired) electrons. The van der Waals surface area contributed by atoms with Crippen molar-refractivity contribution >= 4 is 11.7 Å². The van der Waals surface area contributed by atoms with E-state index in [0.29, 0.717) is 11.3 Å². The summed E-state index contributed by atoms with van der Waals surface area (Å²) >= 11 is 0. The minimum Gasteiger partial charge on any atom is -0.542 e. The van der Waals surface area contributed by atoms with Gasteiger partial charge >= 0.3 is 0 Å². The van der Waals surface area contributed by atoms with E-state index >= 15 is 0 Å².